The Kier molecular flexibility index (Phi) is 9.84. The molecule has 10 heteroatoms. The van der Waals surface area contributed by atoms with Gasteiger partial charge in [-0.3, -0.25) is 14.3 Å². The van der Waals surface area contributed by atoms with Crippen molar-refractivity contribution in [2.45, 2.75) is 31.3 Å². The summed E-state index contributed by atoms with van der Waals surface area (Å²) in [5.74, 6) is 1.39. The topological polar surface area (TPSA) is 94.3 Å². The van der Waals surface area contributed by atoms with E-state index in [-0.39, 0.29) is 11.7 Å². The Hall–Kier alpha value is -3.50. The van der Waals surface area contributed by atoms with Crippen molar-refractivity contribution in [3.05, 3.63) is 83.1 Å². The number of pyridine rings is 1. The Bertz CT molecular complexity index is 1310. The highest BCUT2D eigenvalue weighted by molar-refractivity contribution is 9.10. The van der Waals surface area contributed by atoms with Crippen molar-refractivity contribution in [1.82, 2.24) is 25.2 Å². The van der Waals surface area contributed by atoms with Gasteiger partial charge in [-0.15, -0.1) is 10.2 Å². The van der Waals surface area contributed by atoms with Gasteiger partial charge in [-0.25, -0.2) is 5.43 Å². The van der Waals surface area contributed by atoms with Crippen molar-refractivity contribution in [2.24, 2.45) is 5.10 Å². The van der Waals surface area contributed by atoms with Gasteiger partial charge in [-0.2, -0.15) is 5.10 Å². The number of carbonyl (C=O) groups is 1. The molecule has 2 aromatic heterocycles. The first-order valence-corrected chi connectivity index (χ1v) is 13.7. The summed E-state index contributed by atoms with van der Waals surface area (Å²) in [7, 11) is 0. The molecule has 0 bridgehead atoms. The Balaban J connectivity index is 1.36. The van der Waals surface area contributed by atoms with Gasteiger partial charge in [0.15, 0.2) is 11.0 Å². The standard InChI is InChI=1S/C27H27BrN6O2S/c1-2-3-4-17-36-24-11-5-20(6-12-24)18-30-31-25(35)19-37-27-33-32-26(21-13-15-29-16-14-21)34(27)23-9-7-22(28)8-10-23/h5-16,18H,2-4,17,19H2,1H3,(H,31,35). The minimum Gasteiger partial charge on any atom is -0.494 e. The van der Waals surface area contributed by atoms with Crippen LogP contribution < -0.4 is 10.2 Å². The quantitative estimate of drug-likeness (QED) is 0.0972. The van der Waals surface area contributed by atoms with Crippen LogP contribution in [0.15, 0.2) is 87.8 Å². The van der Waals surface area contributed by atoms with Crippen molar-refractivity contribution in [1.29, 1.82) is 0 Å². The molecule has 0 spiro atoms. The second kappa shape index (κ2) is 13.7. The van der Waals surface area contributed by atoms with Gasteiger partial charge in [-0.05, 0) is 72.6 Å². The molecule has 2 aromatic carbocycles. The lowest BCUT2D eigenvalue weighted by atomic mass is 10.2. The molecule has 0 aliphatic rings. The van der Waals surface area contributed by atoms with E-state index in [4.69, 9.17) is 4.74 Å². The summed E-state index contributed by atoms with van der Waals surface area (Å²) in [4.78, 5) is 16.5. The van der Waals surface area contributed by atoms with Crippen LogP contribution in [0.2, 0.25) is 0 Å². The average molecular weight is 580 g/mol. The van der Waals surface area contributed by atoms with E-state index in [2.05, 4.69) is 48.6 Å². The third-order valence-electron chi connectivity index (χ3n) is 5.29. The fraction of sp³-hybridized carbons (Fsp3) is 0.222. The summed E-state index contributed by atoms with van der Waals surface area (Å²) >= 11 is 4.76. The molecule has 4 aromatic rings. The third kappa shape index (κ3) is 7.74. The first-order valence-electron chi connectivity index (χ1n) is 11.9. The molecule has 0 radical (unpaired) electrons. The van der Waals surface area contributed by atoms with Crippen molar-refractivity contribution in [3.8, 4) is 22.8 Å². The molecule has 37 heavy (non-hydrogen) atoms. The Labute approximate surface area is 228 Å². The fourth-order valence-electron chi connectivity index (χ4n) is 3.41. The maximum Gasteiger partial charge on any atom is 0.250 e. The third-order valence-corrected chi connectivity index (χ3v) is 6.75. The highest BCUT2D eigenvalue weighted by Crippen LogP contribution is 2.28. The Morgan fingerprint density at radius 1 is 1.05 bits per heavy atom. The number of nitrogens with zero attached hydrogens (tertiary/aromatic N) is 5. The number of halogens is 1. The fourth-order valence-corrected chi connectivity index (χ4v) is 4.42. The maximum atomic E-state index is 12.5. The highest BCUT2D eigenvalue weighted by atomic mass is 79.9. The lowest BCUT2D eigenvalue weighted by Gasteiger charge is -2.10. The van der Waals surface area contributed by atoms with Crippen LogP contribution in [0.3, 0.4) is 0 Å². The maximum absolute atomic E-state index is 12.5. The second-order valence-electron chi connectivity index (χ2n) is 8.06. The van der Waals surface area contributed by atoms with Gasteiger partial charge in [-0.1, -0.05) is 47.5 Å². The van der Waals surface area contributed by atoms with Crippen molar-refractivity contribution < 1.29 is 9.53 Å². The number of hydrogen-bond acceptors (Lipinski definition) is 7. The number of hydrazone groups is 1. The molecule has 190 valence electrons. The minimum atomic E-state index is -0.243. The van der Waals surface area contributed by atoms with E-state index in [1.54, 1.807) is 18.6 Å². The molecule has 0 aliphatic carbocycles. The molecule has 1 N–H and O–H groups in total. The zero-order valence-electron chi connectivity index (χ0n) is 20.4. The van der Waals surface area contributed by atoms with Crippen LogP contribution in [0.5, 0.6) is 5.75 Å². The van der Waals surface area contributed by atoms with Gasteiger partial charge >= 0.3 is 0 Å². The largest absolute Gasteiger partial charge is 0.494 e. The molecule has 0 saturated carbocycles. The Morgan fingerprint density at radius 2 is 1.81 bits per heavy atom. The number of nitrogens with one attached hydrogen (secondary N) is 1. The van der Waals surface area contributed by atoms with Crippen LogP contribution in [-0.2, 0) is 4.79 Å². The normalized spacial score (nSPS) is 11.1. The van der Waals surface area contributed by atoms with E-state index in [1.165, 1.54) is 18.2 Å². The number of ether oxygens (including phenoxy) is 1. The van der Waals surface area contributed by atoms with Crippen molar-refractivity contribution in [2.75, 3.05) is 12.4 Å². The van der Waals surface area contributed by atoms with Crippen LogP contribution in [0, 0.1) is 0 Å². The molecule has 0 saturated heterocycles. The summed E-state index contributed by atoms with van der Waals surface area (Å²) in [5, 5.41) is 13.4. The van der Waals surface area contributed by atoms with Crippen LogP contribution in [0.4, 0.5) is 0 Å². The summed E-state index contributed by atoms with van der Waals surface area (Å²) in [6, 6.07) is 19.2. The van der Waals surface area contributed by atoms with Gasteiger partial charge < -0.3 is 4.74 Å². The van der Waals surface area contributed by atoms with Gasteiger partial charge in [0, 0.05) is 28.1 Å². The number of unbranched alkanes of at least 4 members (excludes halogenated alkanes) is 2. The van der Waals surface area contributed by atoms with Gasteiger partial charge in [0.25, 0.3) is 5.91 Å². The molecule has 8 nitrogen and oxygen atoms in total. The lowest BCUT2D eigenvalue weighted by Crippen LogP contribution is -2.20. The molecule has 2 heterocycles. The summed E-state index contributed by atoms with van der Waals surface area (Å²) in [6.45, 7) is 2.88. The minimum absolute atomic E-state index is 0.132. The molecule has 0 aliphatic heterocycles. The van der Waals surface area contributed by atoms with Crippen LogP contribution in [0.25, 0.3) is 17.1 Å². The van der Waals surface area contributed by atoms with Crippen molar-refractivity contribution >= 4 is 39.8 Å². The molecular formula is C27H27BrN6O2S. The first kappa shape index (κ1) is 26.6. The van der Waals surface area contributed by atoms with Gasteiger partial charge in [0.2, 0.25) is 0 Å². The van der Waals surface area contributed by atoms with E-state index in [0.717, 1.165) is 39.9 Å². The summed E-state index contributed by atoms with van der Waals surface area (Å²) in [5.41, 5.74) is 5.21. The smallest absolute Gasteiger partial charge is 0.250 e. The monoisotopic (exact) mass is 578 g/mol. The number of thioether (sulfide) groups is 1. The van der Waals surface area contributed by atoms with E-state index in [0.29, 0.717) is 17.6 Å². The molecule has 1 amide bonds. The highest BCUT2D eigenvalue weighted by Gasteiger charge is 2.17. The number of aromatic nitrogens is 4. The predicted octanol–water partition coefficient (Wildman–Crippen LogP) is 5.90. The van der Waals surface area contributed by atoms with Crippen LogP contribution in [0.1, 0.15) is 31.7 Å². The molecule has 0 atom stereocenters. The SMILES string of the molecule is CCCCCOc1ccc(C=NNC(=O)CSc2nnc(-c3ccncc3)n2-c2ccc(Br)cc2)cc1. The number of hydrogen-bond donors (Lipinski definition) is 1. The zero-order valence-corrected chi connectivity index (χ0v) is 22.8. The van der Waals surface area contributed by atoms with Crippen molar-refractivity contribution in [3.63, 3.8) is 0 Å². The first-order chi connectivity index (χ1) is 18.1. The number of amides is 1. The number of rotatable bonds is 12. The summed E-state index contributed by atoms with van der Waals surface area (Å²) < 4.78 is 8.62. The second-order valence-corrected chi connectivity index (χ2v) is 9.92. The molecule has 0 fully saturated rings. The molecule has 0 unspecified atom stereocenters. The number of benzene rings is 2. The lowest BCUT2D eigenvalue weighted by molar-refractivity contribution is -0.118. The Morgan fingerprint density at radius 3 is 2.54 bits per heavy atom. The van der Waals surface area contributed by atoms with E-state index < -0.39 is 0 Å². The zero-order chi connectivity index (χ0) is 25.9. The van der Waals surface area contributed by atoms with E-state index in [9.17, 15) is 4.79 Å². The van der Waals surface area contributed by atoms with Gasteiger partial charge in [0.1, 0.15) is 5.75 Å². The summed E-state index contributed by atoms with van der Waals surface area (Å²) in [6.07, 6.45) is 8.41. The average Bonchev–Trinajstić information content (AvgIpc) is 3.36. The van der Waals surface area contributed by atoms with Crippen LogP contribution in [-0.4, -0.2) is 44.2 Å². The van der Waals surface area contributed by atoms with E-state index in [1.807, 2.05) is 65.2 Å². The van der Waals surface area contributed by atoms with E-state index >= 15 is 0 Å². The predicted molar refractivity (Wildman–Crippen MR) is 150 cm³/mol. The molecular weight excluding hydrogens is 552 g/mol. The van der Waals surface area contributed by atoms with Crippen LogP contribution >= 0.6 is 27.7 Å². The number of carbonyl (C=O) groups excluding carboxylic acids is 1. The van der Waals surface area contributed by atoms with Gasteiger partial charge in [0.05, 0.1) is 18.6 Å². The molecule has 4 rings (SSSR count).